The molecule has 0 unspecified atom stereocenters. The second-order valence-corrected chi connectivity index (χ2v) is 7.42. The topological polar surface area (TPSA) is 35.5 Å². The molecular weight excluding hydrogens is 384 g/mol. The maximum atomic E-state index is 12.8. The molecule has 0 heterocycles. The third-order valence-electron chi connectivity index (χ3n) is 5.05. The van der Waals surface area contributed by atoms with E-state index < -0.39 is 0 Å². The lowest BCUT2D eigenvalue weighted by molar-refractivity contribution is 0.102. The summed E-state index contributed by atoms with van der Waals surface area (Å²) in [6.45, 7) is 0.420. The number of methoxy groups -OCH3 is 1. The number of aryl methyl sites for hydroxylation is 1. The Balaban J connectivity index is 1.53. The van der Waals surface area contributed by atoms with Gasteiger partial charge in [0.05, 0.1) is 7.11 Å². The van der Waals surface area contributed by atoms with Crippen molar-refractivity contribution in [1.29, 1.82) is 0 Å². The summed E-state index contributed by atoms with van der Waals surface area (Å²) in [5, 5.41) is 0.698. The van der Waals surface area contributed by atoms with Crippen LogP contribution in [-0.2, 0) is 13.0 Å². The molecule has 0 atom stereocenters. The number of allylic oxidation sites excluding steroid dienone is 1. The van der Waals surface area contributed by atoms with E-state index in [2.05, 4.69) is 0 Å². The summed E-state index contributed by atoms with van der Waals surface area (Å²) < 4.78 is 11.4. The van der Waals surface area contributed by atoms with Gasteiger partial charge in [-0.1, -0.05) is 54.1 Å². The van der Waals surface area contributed by atoms with E-state index in [9.17, 15) is 4.79 Å². The van der Waals surface area contributed by atoms with Gasteiger partial charge < -0.3 is 9.47 Å². The molecule has 0 aromatic heterocycles. The molecule has 29 heavy (non-hydrogen) atoms. The molecule has 0 fully saturated rings. The molecule has 3 aromatic carbocycles. The standard InChI is InChI=1S/C25H21ClO3/c1-28-24-15-18(8-13-23(24)29-16-17-6-11-21(26)12-7-17)14-20-10-9-19-4-2-3-5-22(19)25(20)27/h2-8,11-15H,9-10,16H2,1H3. The fourth-order valence-electron chi connectivity index (χ4n) is 3.49. The Morgan fingerprint density at radius 1 is 0.966 bits per heavy atom. The molecule has 146 valence electrons. The minimum atomic E-state index is 0.105. The quantitative estimate of drug-likeness (QED) is 0.479. The minimum Gasteiger partial charge on any atom is -0.493 e. The highest BCUT2D eigenvalue weighted by atomic mass is 35.5. The monoisotopic (exact) mass is 404 g/mol. The van der Waals surface area contributed by atoms with E-state index >= 15 is 0 Å². The Morgan fingerprint density at radius 3 is 2.55 bits per heavy atom. The van der Waals surface area contributed by atoms with Crippen molar-refractivity contribution in [3.05, 3.63) is 99.6 Å². The summed E-state index contributed by atoms with van der Waals surface area (Å²) in [4.78, 5) is 12.8. The molecular formula is C25H21ClO3. The Kier molecular flexibility index (Phi) is 5.68. The first-order valence-electron chi connectivity index (χ1n) is 9.52. The maximum absolute atomic E-state index is 12.8. The normalized spacial score (nSPS) is 14.6. The molecule has 0 saturated carbocycles. The molecule has 0 radical (unpaired) electrons. The van der Waals surface area contributed by atoms with Gasteiger partial charge in [-0.3, -0.25) is 4.79 Å². The summed E-state index contributed by atoms with van der Waals surface area (Å²) in [6.07, 6.45) is 3.57. The van der Waals surface area contributed by atoms with Crippen molar-refractivity contribution in [3.63, 3.8) is 0 Å². The van der Waals surface area contributed by atoms with Gasteiger partial charge in [-0.2, -0.15) is 0 Å². The smallest absolute Gasteiger partial charge is 0.189 e. The van der Waals surface area contributed by atoms with Crippen LogP contribution in [0.25, 0.3) is 6.08 Å². The van der Waals surface area contributed by atoms with Crippen molar-refractivity contribution in [3.8, 4) is 11.5 Å². The van der Waals surface area contributed by atoms with E-state index in [0.29, 0.717) is 23.1 Å². The molecule has 1 aliphatic carbocycles. The number of ketones is 1. The number of benzene rings is 3. The van der Waals surface area contributed by atoms with Gasteiger partial charge >= 0.3 is 0 Å². The number of Topliss-reactive ketones (excluding diaryl/α,β-unsaturated/α-hetero) is 1. The van der Waals surface area contributed by atoms with Gasteiger partial charge in [0, 0.05) is 16.2 Å². The summed E-state index contributed by atoms with van der Waals surface area (Å²) in [6, 6.07) is 21.1. The number of rotatable bonds is 5. The van der Waals surface area contributed by atoms with Crippen LogP contribution in [0.2, 0.25) is 5.02 Å². The largest absolute Gasteiger partial charge is 0.493 e. The van der Waals surface area contributed by atoms with Gasteiger partial charge in [0.2, 0.25) is 0 Å². The van der Waals surface area contributed by atoms with Gasteiger partial charge in [-0.25, -0.2) is 0 Å². The van der Waals surface area contributed by atoms with Crippen LogP contribution in [0.5, 0.6) is 11.5 Å². The van der Waals surface area contributed by atoms with E-state index in [4.69, 9.17) is 21.1 Å². The predicted octanol–water partition coefficient (Wildman–Crippen LogP) is 6.14. The Hall–Kier alpha value is -3.04. The van der Waals surface area contributed by atoms with Gasteiger partial charge in [0.15, 0.2) is 17.3 Å². The van der Waals surface area contributed by atoms with E-state index in [0.717, 1.165) is 40.7 Å². The Labute approximate surface area is 175 Å². The lowest BCUT2D eigenvalue weighted by atomic mass is 9.86. The molecule has 4 heteroatoms. The van der Waals surface area contributed by atoms with E-state index in [1.165, 1.54) is 0 Å². The molecule has 1 aliphatic rings. The number of carbonyl (C=O) groups excluding carboxylic acids is 1. The van der Waals surface area contributed by atoms with Crippen molar-refractivity contribution < 1.29 is 14.3 Å². The summed E-state index contributed by atoms with van der Waals surface area (Å²) >= 11 is 5.92. The lowest BCUT2D eigenvalue weighted by Gasteiger charge is -2.17. The van der Waals surface area contributed by atoms with Crippen LogP contribution in [0.3, 0.4) is 0 Å². The lowest BCUT2D eigenvalue weighted by Crippen LogP contribution is -2.13. The van der Waals surface area contributed by atoms with Crippen molar-refractivity contribution in [2.24, 2.45) is 0 Å². The molecule has 0 N–H and O–H groups in total. The third-order valence-corrected chi connectivity index (χ3v) is 5.31. The summed E-state index contributed by atoms with van der Waals surface area (Å²) in [5.41, 5.74) is 4.69. The van der Waals surface area contributed by atoms with Crippen LogP contribution in [0, 0.1) is 0 Å². The zero-order valence-corrected chi connectivity index (χ0v) is 16.9. The second-order valence-electron chi connectivity index (χ2n) is 6.98. The highest BCUT2D eigenvalue weighted by Crippen LogP contribution is 2.32. The summed E-state index contributed by atoms with van der Waals surface area (Å²) in [7, 11) is 1.61. The number of hydrogen-bond acceptors (Lipinski definition) is 3. The van der Waals surface area contributed by atoms with Crippen molar-refractivity contribution >= 4 is 23.5 Å². The summed E-state index contributed by atoms with van der Waals surface area (Å²) in [5.74, 6) is 1.40. The molecule has 4 rings (SSSR count). The van der Waals surface area contributed by atoms with Gasteiger partial charge in [0.25, 0.3) is 0 Å². The first-order valence-corrected chi connectivity index (χ1v) is 9.90. The molecule has 3 aromatic rings. The van der Waals surface area contributed by atoms with Crippen LogP contribution < -0.4 is 9.47 Å². The van der Waals surface area contributed by atoms with E-state index in [1.807, 2.05) is 72.8 Å². The van der Waals surface area contributed by atoms with Crippen molar-refractivity contribution in [1.82, 2.24) is 0 Å². The average molecular weight is 405 g/mol. The molecule has 3 nitrogen and oxygen atoms in total. The van der Waals surface area contributed by atoms with E-state index in [-0.39, 0.29) is 5.78 Å². The second kappa shape index (κ2) is 8.54. The number of carbonyl (C=O) groups is 1. The highest BCUT2D eigenvalue weighted by Gasteiger charge is 2.21. The third kappa shape index (κ3) is 4.36. The van der Waals surface area contributed by atoms with Crippen LogP contribution >= 0.6 is 11.6 Å². The van der Waals surface area contributed by atoms with Crippen LogP contribution in [-0.4, -0.2) is 12.9 Å². The molecule has 0 spiro atoms. The predicted molar refractivity (Wildman–Crippen MR) is 116 cm³/mol. The zero-order valence-electron chi connectivity index (χ0n) is 16.2. The molecule has 0 saturated heterocycles. The Bertz CT molecular complexity index is 1070. The van der Waals surface area contributed by atoms with E-state index in [1.54, 1.807) is 7.11 Å². The first kappa shape index (κ1) is 19.3. The minimum absolute atomic E-state index is 0.105. The maximum Gasteiger partial charge on any atom is 0.189 e. The zero-order chi connectivity index (χ0) is 20.2. The van der Waals surface area contributed by atoms with Crippen LogP contribution in [0.4, 0.5) is 0 Å². The van der Waals surface area contributed by atoms with Gasteiger partial charge in [-0.15, -0.1) is 0 Å². The number of halogens is 1. The van der Waals surface area contributed by atoms with Gasteiger partial charge in [0.1, 0.15) is 6.61 Å². The number of ether oxygens (including phenoxy) is 2. The molecule has 0 amide bonds. The number of fused-ring (bicyclic) bond motifs is 1. The van der Waals surface area contributed by atoms with Crippen molar-refractivity contribution in [2.75, 3.05) is 7.11 Å². The van der Waals surface area contributed by atoms with Crippen LogP contribution in [0.1, 0.15) is 33.5 Å². The first-order chi connectivity index (χ1) is 14.1. The fraction of sp³-hybridized carbons (Fsp3) is 0.160. The SMILES string of the molecule is COc1cc(C=C2CCc3ccccc3C2=O)ccc1OCc1ccc(Cl)cc1. The average Bonchev–Trinajstić information content (AvgIpc) is 2.76. The van der Waals surface area contributed by atoms with Gasteiger partial charge in [-0.05, 0) is 59.9 Å². The Morgan fingerprint density at radius 2 is 1.76 bits per heavy atom. The fourth-order valence-corrected chi connectivity index (χ4v) is 3.62. The van der Waals surface area contributed by atoms with Crippen LogP contribution in [0.15, 0.2) is 72.3 Å². The molecule has 0 aliphatic heterocycles. The number of hydrogen-bond donors (Lipinski definition) is 0. The van der Waals surface area contributed by atoms with Crippen molar-refractivity contribution in [2.45, 2.75) is 19.4 Å². The molecule has 0 bridgehead atoms. The highest BCUT2D eigenvalue weighted by molar-refractivity contribution is 6.30.